The lowest BCUT2D eigenvalue weighted by Crippen LogP contribution is -2.48. The fraction of sp³-hybridized carbons (Fsp3) is 0.381. The Morgan fingerprint density at radius 1 is 0.893 bits per heavy atom. The van der Waals surface area contributed by atoms with E-state index in [2.05, 4.69) is 75.6 Å². The molecule has 0 radical (unpaired) electrons. The van der Waals surface area contributed by atoms with E-state index in [-0.39, 0.29) is 12.1 Å². The molecular weight excluding hydrogens is 372 g/mol. The summed E-state index contributed by atoms with van der Waals surface area (Å²) in [5.41, 5.74) is 2.32. The molecule has 0 saturated carbocycles. The lowest BCUT2D eigenvalue weighted by molar-refractivity contribution is 0.199. The van der Waals surface area contributed by atoms with E-state index in [9.17, 15) is 0 Å². The summed E-state index contributed by atoms with van der Waals surface area (Å²) in [6, 6.07) is 18.7. The van der Waals surface area contributed by atoms with Crippen molar-refractivity contribution in [1.29, 1.82) is 0 Å². The maximum absolute atomic E-state index is 6.60. The Bertz CT molecular complexity index is 902. The minimum atomic E-state index is -0.0657. The topological polar surface area (TPSA) is 50.1 Å². The summed E-state index contributed by atoms with van der Waals surface area (Å²) in [4.78, 5) is 4.86. The standard InChI is InChI=1S/C21H25ClN6/c1-16(2)28-21(23-24-25-28)20(18-10-6-7-11-19(18)22)27-14-12-26(13-15-27)17-8-4-3-5-9-17/h3-11,16,20H,12-15H2,1-2H3. The molecule has 2 aromatic carbocycles. The molecule has 1 aliphatic rings. The molecule has 2 heterocycles. The molecule has 4 rings (SSSR count). The minimum absolute atomic E-state index is 0.0657. The molecule has 1 atom stereocenters. The number of tetrazole rings is 1. The molecule has 1 saturated heterocycles. The van der Waals surface area contributed by atoms with E-state index < -0.39 is 0 Å². The van der Waals surface area contributed by atoms with Crippen molar-refractivity contribution >= 4 is 17.3 Å². The van der Waals surface area contributed by atoms with Crippen LogP contribution in [0.5, 0.6) is 0 Å². The highest BCUT2D eigenvalue weighted by Crippen LogP contribution is 2.34. The zero-order valence-corrected chi connectivity index (χ0v) is 17.0. The van der Waals surface area contributed by atoms with E-state index in [0.717, 1.165) is 42.6 Å². The predicted octanol–water partition coefficient (Wildman–Crippen LogP) is 3.82. The number of anilines is 1. The van der Waals surface area contributed by atoms with Gasteiger partial charge in [0.05, 0.1) is 12.1 Å². The number of hydrogen-bond donors (Lipinski definition) is 0. The third-order valence-corrected chi connectivity index (χ3v) is 5.60. The maximum atomic E-state index is 6.60. The first-order valence-electron chi connectivity index (χ1n) is 9.71. The summed E-state index contributed by atoms with van der Waals surface area (Å²) >= 11 is 6.60. The molecule has 0 aliphatic carbocycles. The Labute approximate surface area is 170 Å². The van der Waals surface area contributed by atoms with E-state index >= 15 is 0 Å². The van der Waals surface area contributed by atoms with E-state index in [0.29, 0.717) is 0 Å². The summed E-state index contributed by atoms with van der Waals surface area (Å²) in [7, 11) is 0. The van der Waals surface area contributed by atoms with Gasteiger partial charge in [-0.3, -0.25) is 4.90 Å². The Morgan fingerprint density at radius 3 is 2.25 bits per heavy atom. The van der Waals surface area contributed by atoms with Crippen LogP contribution in [0.1, 0.15) is 37.3 Å². The minimum Gasteiger partial charge on any atom is -0.369 e. The Morgan fingerprint density at radius 2 is 1.57 bits per heavy atom. The second-order valence-electron chi connectivity index (χ2n) is 7.36. The van der Waals surface area contributed by atoms with E-state index in [1.54, 1.807) is 0 Å². The van der Waals surface area contributed by atoms with Crippen molar-refractivity contribution in [2.45, 2.75) is 25.9 Å². The molecule has 7 heteroatoms. The van der Waals surface area contributed by atoms with Gasteiger partial charge in [0.25, 0.3) is 0 Å². The van der Waals surface area contributed by atoms with Crippen molar-refractivity contribution in [2.75, 3.05) is 31.1 Å². The fourth-order valence-corrected chi connectivity index (χ4v) is 4.06. The zero-order valence-electron chi connectivity index (χ0n) is 16.2. The van der Waals surface area contributed by atoms with Crippen LogP contribution >= 0.6 is 11.6 Å². The number of piperazine rings is 1. The number of hydrogen-bond acceptors (Lipinski definition) is 5. The molecule has 1 unspecified atom stereocenters. The predicted molar refractivity (Wildman–Crippen MR) is 112 cm³/mol. The fourth-order valence-electron chi connectivity index (χ4n) is 3.82. The lowest BCUT2D eigenvalue weighted by atomic mass is 10.0. The highest BCUT2D eigenvalue weighted by atomic mass is 35.5. The maximum Gasteiger partial charge on any atom is 0.173 e. The van der Waals surface area contributed by atoms with Crippen LogP contribution in [0.25, 0.3) is 0 Å². The Balaban J connectivity index is 1.64. The lowest BCUT2D eigenvalue weighted by Gasteiger charge is -2.40. The number of benzene rings is 2. The van der Waals surface area contributed by atoms with Crippen LogP contribution in [0.4, 0.5) is 5.69 Å². The summed E-state index contributed by atoms with van der Waals surface area (Å²) in [5, 5.41) is 13.3. The quantitative estimate of drug-likeness (QED) is 0.656. The molecule has 1 aliphatic heterocycles. The molecule has 0 spiro atoms. The average molecular weight is 397 g/mol. The molecule has 1 fully saturated rings. The van der Waals surface area contributed by atoms with Gasteiger partial charge in [0.1, 0.15) is 0 Å². The molecule has 146 valence electrons. The molecule has 28 heavy (non-hydrogen) atoms. The molecule has 0 amide bonds. The Kier molecular flexibility index (Phi) is 5.59. The smallest absolute Gasteiger partial charge is 0.173 e. The second-order valence-corrected chi connectivity index (χ2v) is 7.77. The SMILES string of the molecule is CC(C)n1nnnc1C(c1ccccc1Cl)N1CCN(c2ccccc2)CC1. The molecular formula is C21H25ClN6. The van der Waals surface area contributed by atoms with Gasteiger partial charge >= 0.3 is 0 Å². The van der Waals surface area contributed by atoms with Crippen molar-refractivity contribution in [3.05, 3.63) is 71.0 Å². The van der Waals surface area contributed by atoms with Gasteiger partial charge in [-0.25, -0.2) is 4.68 Å². The largest absolute Gasteiger partial charge is 0.369 e. The van der Waals surface area contributed by atoms with Crippen LogP contribution in [-0.4, -0.2) is 51.3 Å². The van der Waals surface area contributed by atoms with Crippen molar-refractivity contribution < 1.29 is 0 Å². The van der Waals surface area contributed by atoms with E-state index in [1.807, 2.05) is 22.9 Å². The average Bonchev–Trinajstić information content (AvgIpc) is 3.21. The number of aromatic nitrogens is 4. The van der Waals surface area contributed by atoms with Crippen LogP contribution in [0, 0.1) is 0 Å². The number of halogens is 1. The molecule has 1 aromatic heterocycles. The van der Waals surface area contributed by atoms with Gasteiger partial charge in [-0.1, -0.05) is 48.0 Å². The highest BCUT2D eigenvalue weighted by molar-refractivity contribution is 6.31. The first-order valence-corrected chi connectivity index (χ1v) is 10.1. The molecule has 3 aromatic rings. The van der Waals surface area contributed by atoms with Gasteiger partial charge in [-0.05, 0) is 48.0 Å². The number of para-hydroxylation sites is 1. The first-order chi connectivity index (χ1) is 13.6. The summed E-state index contributed by atoms with van der Waals surface area (Å²) < 4.78 is 1.90. The summed E-state index contributed by atoms with van der Waals surface area (Å²) in [5.74, 6) is 0.844. The normalized spacial score (nSPS) is 16.5. The Hall–Kier alpha value is -2.44. The van der Waals surface area contributed by atoms with Crippen LogP contribution < -0.4 is 4.90 Å². The van der Waals surface area contributed by atoms with Gasteiger partial charge in [-0.15, -0.1) is 5.10 Å². The summed E-state index contributed by atoms with van der Waals surface area (Å²) in [6.45, 7) is 7.92. The van der Waals surface area contributed by atoms with E-state index in [1.165, 1.54) is 5.69 Å². The molecule has 6 nitrogen and oxygen atoms in total. The number of nitrogens with zero attached hydrogens (tertiary/aromatic N) is 6. The van der Waals surface area contributed by atoms with Gasteiger partial charge in [0, 0.05) is 36.9 Å². The van der Waals surface area contributed by atoms with Gasteiger partial charge in [-0.2, -0.15) is 0 Å². The molecule has 0 N–H and O–H groups in total. The van der Waals surface area contributed by atoms with Crippen LogP contribution in [0.2, 0.25) is 5.02 Å². The third-order valence-electron chi connectivity index (χ3n) is 5.25. The zero-order chi connectivity index (χ0) is 19.5. The van der Waals surface area contributed by atoms with Crippen LogP contribution in [-0.2, 0) is 0 Å². The van der Waals surface area contributed by atoms with Crippen LogP contribution in [0.3, 0.4) is 0 Å². The summed E-state index contributed by atoms with van der Waals surface area (Å²) in [6.07, 6.45) is 0. The van der Waals surface area contributed by atoms with Crippen molar-refractivity contribution in [3.8, 4) is 0 Å². The van der Waals surface area contributed by atoms with Gasteiger partial charge in [0.15, 0.2) is 5.82 Å². The van der Waals surface area contributed by atoms with Crippen molar-refractivity contribution in [3.63, 3.8) is 0 Å². The third kappa shape index (κ3) is 3.75. The second kappa shape index (κ2) is 8.29. The van der Waals surface area contributed by atoms with Crippen molar-refractivity contribution in [2.24, 2.45) is 0 Å². The van der Waals surface area contributed by atoms with Gasteiger partial charge < -0.3 is 4.90 Å². The number of rotatable bonds is 5. The van der Waals surface area contributed by atoms with E-state index in [4.69, 9.17) is 11.6 Å². The highest BCUT2D eigenvalue weighted by Gasteiger charge is 2.32. The van der Waals surface area contributed by atoms with Crippen LogP contribution in [0.15, 0.2) is 54.6 Å². The van der Waals surface area contributed by atoms with Gasteiger partial charge in [0.2, 0.25) is 0 Å². The van der Waals surface area contributed by atoms with Crippen molar-refractivity contribution in [1.82, 2.24) is 25.1 Å². The monoisotopic (exact) mass is 396 g/mol. The molecule has 0 bridgehead atoms. The first kappa shape index (κ1) is 18.9.